The van der Waals surface area contributed by atoms with Crippen LogP contribution in [0.1, 0.15) is 12.0 Å². The Morgan fingerprint density at radius 1 is 1.38 bits per heavy atom. The van der Waals surface area contributed by atoms with Crippen LogP contribution in [0.3, 0.4) is 0 Å². The molecule has 0 bridgehead atoms. The maximum Gasteiger partial charge on any atom is 0.317 e. The average Bonchev–Trinajstić information content (AvgIpc) is 3.13. The van der Waals surface area contributed by atoms with Crippen LogP contribution in [0.5, 0.6) is 11.5 Å². The first-order valence-electron chi connectivity index (χ1n) is 6.78. The fraction of sp³-hybridized carbons (Fsp3) is 0.429. The Morgan fingerprint density at radius 3 is 3.00 bits per heavy atom. The summed E-state index contributed by atoms with van der Waals surface area (Å²) in [6.45, 7) is 1.23. The minimum absolute atomic E-state index is 0.187. The van der Waals surface area contributed by atoms with Crippen LogP contribution in [0.15, 0.2) is 18.2 Å². The first kappa shape index (κ1) is 13.5. The van der Waals surface area contributed by atoms with Gasteiger partial charge in [-0.25, -0.2) is 4.79 Å². The summed E-state index contributed by atoms with van der Waals surface area (Å²) in [4.78, 5) is 24.5. The van der Waals surface area contributed by atoms with E-state index in [0.717, 1.165) is 5.56 Å². The molecule has 2 amide bonds. The van der Waals surface area contributed by atoms with E-state index in [-0.39, 0.29) is 19.4 Å². The molecule has 2 N–H and O–H groups in total. The van der Waals surface area contributed by atoms with Crippen LogP contribution in [0.4, 0.5) is 4.79 Å². The monoisotopic (exact) mass is 292 g/mol. The van der Waals surface area contributed by atoms with Crippen LogP contribution < -0.4 is 14.8 Å². The lowest BCUT2D eigenvalue weighted by Gasteiger charge is -2.17. The van der Waals surface area contributed by atoms with E-state index in [1.54, 1.807) is 0 Å². The molecule has 1 aromatic carbocycles. The van der Waals surface area contributed by atoms with Gasteiger partial charge in [0.1, 0.15) is 0 Å². The van der Waals surface area contributed by atoms with E-state index in [1.807, 2.05) is 18.2 Å². The number of carboxylic acids is 1. The number of aliphatic carboxylic acids is 1. The van der Waals surface area contributed by atoms with Gasteiger partial charge in [-0.2, -0.15) is 0 Å². The molecule has 0 aliphatic carbocycles. The molecule has 7 nitrogen and oxygen atoms in total. The van der Waals surface area contributed by atoms with Crippen LogP contribution >= 0.6 is 0 Å². The largest absolute Gasteiger partial charge is 0.481 e. The van der Waals surface area contributed by atoms with Gasteiger partial charge in [-0.05, 0) is 12.5 Å². The molecule has 1 atom stereocenters. The van der Waals surface area contributed by atoms with Gasteiger partial charge in [-0.15, -0.1) is 0 Å². The minimum Gasteiger partial charge on any atom is -0.481 e. The molecular weight excluding hydrogens is 276 g/mol. The van der Waals surface area contributed by atoms with Crippen molar-refractivity contribution in [2.45, 2.75) is 13.0 Å². The zero-order chi connectivity index (χ0) is 14.8. The molecule has 3 rings (SSSR count). The Balaban J connectivity index is 1.57. The predicted octanol–water partition coefficient (Wildman–Crippen LogP) is 1.03. The van der Waals surface area contributed by atoms with Crippen molar-refractivity contribution in [3.8, 4) is 11.5 Å². The molecule has 0 radical (unpaired) electrons. The Hall–Kier alpha value is -2.44. The Bertz CT molecular complexity index is 574. The average molecular weight is 292 g/mol. The first-order valence-corrected chi connectivity index (χ1v) is 6.78. The van der Waals surface area contributed by atoms with Crippen molar-refractivity contribution in [2.24, 2.45) is 5.92 Å². The number of carbonyl (C=O) groups excluding carboxylic acids is 1. The van der Waals surface area contributed by atoms with Crippen LogP contribution in [0.2, 0.25) is 0 Å². The van der Waals surface area contributed by atoms with E-state index in [9.17, 15) is 9.59 Å². The van der Waals surface area contributed by atoms with E-state index in [0.29, 0.717) is 31.0 Å². The molecule has 7 heteroatoms. The summed E-state index contributed by atoms with van der Waals surface area (Å²) in [7, 11) is 0. The number of hydrogen-bond donors (Lipinski definition) is 2. The molecule has 0 aromatic heterocycles. The van der Waals surface area contributed by atoms with Crippen LogP contribution in [-0.2, 0) is 11.3 Å². The summed E-state index contributed by atoms with van der Waals surface area (Å²) in [5.41, 5.74) is 0.840. The van der Waals surface area contributed by atoms with Crippen molar-refractivity contribution in [1.82, 2.24) is 10.2 Å². The van der Waals surface area contributed by atoms with Gasteiger partial charge >= 0.3 is 12.0 Å². The molecule has 1 fully saturated rings. The van der Waals surface area contributed by atoms with Crippen molar-refractivity contribution >= 4 is 12.0 Å². The number of benzene rings is 1. The minimum atomic E-state index is -0.850. The predicted molar refractivity (Wildman–Crippen MR) is 72.1 cm³/mol. The normalized spacial score (nSPS) is 19.6. The molecule has 2 heterocycles. The lowest BCUT2D eigenvalue weighted by molar-refractivity contribution is -0.141. The topological polar surface area (TPSA) is 88.1 Å². The highest BCUT2D eigenvalue weighted by atomic mass is 16.7. The molecule has 2 aliphatic rings. The number of amides is 2. The molecule has 1 unspecified atom stereocenters. The first-order chi connectivity index (χ1) is 10.1. The zero-order valence-corrected chi connectivity index (χ0v) is 11.4. The smallest absolute Gasteiger partial charge is 0.317 e. The Morgan fingerprint density at radius 2 is 2.24 bits per heavy atom. The van der Waals surface area contributed by atoms with Gasteiger partial charge in [0.2, 0.25) is 6.79 Å². The van der Waals surface area contributed by atoms with E-state index in [4.69, 9.17) is 14.6 Å². The van der Waals surface area contributed by atoms with E-state index >= 15 is 0 Å². The molecule has 21 heavy (non-hydrogen) atoms. The van der Waals surface area contributed by atoms with Gasteiger partial charge in [0.25, 0.3) is 0 Å². The fourth-order valence-electron chi connectivity index (χ4n) is 2.56. The number of likely N-dealkylation sites (tertiary alicyclic amines) is 1. The Kier molecular flexibility index (Phi) is 3.55. The van der Waals surface area contributed by atoms with Gasteiger partial charge in [0.15, 0.2) is 11.5 Å². The number of urea groups is 1. The second-order valence-corrected chi connectivity index (χ2v) is 5.08. The summed E-state index contributed by atoms with van der Waals surface area (Å²) < 4.78 is 10.6. The quantitative estimate of drug-likeness (QED) is 0.868. The van der Waals surface area contributed by atoms with Crippen LogP contribution in [0, 0.1) is 5.92 Å². The van der Waals surface area contributed by atoms with Crippen molar-refractivity contribution in [3.63, 3.8) is 0 Å². The van der Waals surface area contributed by atoms with E-state index in [2.05, 4.69) is 5.32 Å². The number of carboxylic acid groups (broad SMARTS) is 1. The van der Waals surface area contributed by atoms with Gasteiger partial charge < -0.3 is 24.8 Å². The van der Waals surface area contributed by atoms with Crippen molar-refractivity contribution in [3.05, 3.63) is 23.8 Å². The molecule has 112 valence electrons. The molecule has 1 aromatic rings. The van der Waals surface area contributed by atoms with Gasteiger partial charge in [-0.3, -0.25) is 4.79 Å². The van der Waals surface area contributed by atoms with Gasteiger partial charge in [0.05, 0.1) is 5.92 Å². The molecular formula is C14H16N2O5. The van der Waals surface area contributed by atoms with Gasteiger partial charge in [0, 0.05) is 25.2 Å². The van der Waals surface area contributed by atoms with E-state index in [1.165, 1.54) is 4.90 Å². The summed E-state index contributed by atoms with van der Waals surface area (Å²) >= 11 is 0. The van der Waals surface area contributed by atoms with Crippen LogP contribution in [0.25, 0.3) is 0 Å². The molecule has 1 saturated heterocycles. The van der Waals surface area contributed by atoms with Gasteiger partial charge in [-0.1, -0.05) is 12.1 Å². The highest BCUT2D eigenvalue weighted by Crippen LogP contribution is 2.35. The second kappa shape index (κ2) is 5.51. The number of carbonyl (C=O) groups is 2. The zero-order valence-electron chi connectivity index (χ0n) is 11.4. The second-order valence-electron chi connectivity index (χ2n) is 5.08. The lowest BCUT2D eigenvalue weighted by atomic mass is 10.1. The molecule has 0 spiro atoms. The maximum absolute atomic E-state index is 12.0. The number of rotatable bonds is 3. The third-order valence-corrected chi connectivity index (χ3v) is 3.73. The molecule has 0 saturated carbocycles. The maximum atomic E-state index is 12.0. The number of para-hydroxylation sites is 1. The highest BCUT2D eigenvalue weighted by Gasteiger charge is 2.30. The summed E-state index contributed by atoms with van der Waals surface area (Å²) in [6.07, 6.45) is 0.500. The number of nitrogens with zero attached hydrogens (tertiary/aromatic N) is 1. The van der Waals surface area contributed by atoms with E-state index < -0.39 is 11.9 Å². The number of fused-ring (bicyclic) bond motifs is 1. The summed E-state index contributed by atoms with van der Waals surface area (Å²) in [5, 5.41) is 11.7. The Labute approximate surface area is 121 Å². The van der Waals surface area contributed by atoms with Crippen molar-refractivity contribution in [2.75, 3.05) is 19.9 Å². The highest BCUT2D eigenvalue weighted by molar-refractivity contribution is 5.77. The third kappa shape index (κ3) is 2.72. The molecule has 2 aliphatic heterocycles. The summed E-state index contributed by atoms with van der Waals surface area (Å²) in [5.74, 6) is 0.0154. The number of hydrogen-bond acceptors (Lipinski definition) is 4. The van der Waals surface area contributed by atoms with Crippen molar-refractivity contribution < 1.29 is 24.2 Å². The van der Waals surface area contributed by atoms with Crippen LogP contribution in [-0.4, -0.2) is 41.9 Å². The fourth-order valence-corrected chi connectivity index (χ4v) is 2.56. The van der Waals surface area contributed by atoms with Crippen molar-refractivity contribution in [1.29, 1.82) is 0 Å². The SMILES string of the molecule is O=C(O)C1CCN(C(=O)NCc2cccc3c2OCO3)C1. The third-order valence-electron chi connectivity index (χ3n) is 3.73. The standard InChI is InChI=1S/C14H16N2O5/c17-13(18)10-4-5-16(7-10)14(19)15-6-9-2-1-3-11-12(9)21-8-20-11/h1-3,10H,4-8H2,(H,15,19)(H,17,18). The lowest BCUT2D eigenvalue weighted by Crippen LogP contribution is -2.38. The number of nitrogens with one attached hydrogen (secondary N) is 1. The number of ether oxygens (including phenoxy) is 2. The summed E-state index contributed by atoms with van der Waals surface area (Å²) in [6, 6.07) is 5.25.